The first-order chi connectivity index (χ1) is 24.7. The summed E-state index contributed by atoms with van der Waals surface area (Å²) in [5.41, 5.74) is 8.64. The lowest BCUT2D eigenvalue weighted by atomic mass is 9.94. The summed E-state index contributed by atoms with van der Waals surface area (Å²) in [6, 6.07) is 51.9. The molecular formula is C46H32N4. The maximum atomic E-state index is 5.39. The summed E-state index contributed by atoms with van der Waals surface area (Å²) in [5, 5.41) is 8.25. The molecule has 0 atom stereocenters. The van der Waals surface area contributed by atoms with Crippen molar-refractivity contribution in [2.45, 2.75) is 6.92 Å². The number of hydrogen-bond acceptors (Lipinski definition) is 3. The van der Waals surface area contributed by atoms with Crippen molar-refractivity contribution in [2.75, 3.05) is 0 Å². The number of allylic oxidation sites excluding steroid dienone is 3. The Balaban J connectivity index is 1.35. The topological polar surface area (TPSA) is 43.1 Å². The molecule has 4 nitrogen and oxygen atoms in total. The molecule has 0 saturated heterocycles. The Morgan fingerprint density at radius 2 is 1.30 bits per heavy atom. The predicted molar refractivity (Wildman–Crippen MR) is 212 cm³/mol. The van der Waals surface area contributed by atoms with Crippen molar-refractivity contribution in [3.63, 3.8) is 0 Å². The van der Waals surface area contributed by atoms with Crippen LogP contribution in [0.15, 0.2) is 169 Å². The minimum Gasteiger partial charge on any atom is -0.293 e. The third-order valence-electron chi connectivity index (χ3n) is 9.68. The Morgan fingerprint density at radius 1 is 0.620 bits per heavy atom. The summed E-state index contributed by atoms with van der Waals surface area (Å²) in [6.45, 7) is 5.59. The van der Waals surface area contributed by atoms with Gasteiger partial charge in [0.25, 0.3) is 0 Å². The highest BCUT2D eigenvalue weighted by molar-refractivity contribution is 6.20. The zero-order valence-corrected chi connectivity index (χ0v) is 27.6. The third-order valence-corrected chi connectivity index (χ3v) is 9.68. The smallest absolute Gasteiger partial charge is 0.162 e. The summed E-state index contributed by atoms with van der Waals surface area (Å²) >= 11 is 0. The van der Waals surface area contributed by atoms with Crippen molar-refractivity contribution >= 4 is 66.5 Å². The number of para-hydroxylation sites is 1. The molecule has 0 aliphatic carbocycles. The van der Waals surface area contributed by atoms with Gasteiger partial charge in [-0.05, 0) is 93.9 Å². The standard InChI is InChI=1S/C46H32N4/c1-3-30(26-27-47-2)31-22-24-33(25-23-31)45-48-41-20-9-8-17-39(41)46(49-45)50-42-21-11-19-38(37-18-10-15-32-12-6-7-16-36(32)37)44(42)40-28-34-13-4-5-14-35(34)29-43(40)50/h3-29H,2H2,1H3/b27-26-,30-3+. The van der Waals surface area contributed by atoms with Crippen LogP contribution < -0.4 is 0 Å². The maximum absolute atomic E-state index is 5.39. The molecule has 9 aromatic rings. The van der Waals surface area contributed by atoms with E-state index in [1.54, 1.807) is 6.20 Å². The fourth-order valence-corrected chi connectivity index (χ4v) is 7.33. The van der Waals surface area contributed by atoms with E-state index in [1.807, 2.05) is 19.1 Å². The van der Waals surface area contributed by atoms with E-state index in [2.05, 4.69) is 162 Å². The minimum absolute atomic E-state index is 0.677. The second-order valence-corrected chi connectivity index (χ2v) is 12.5. The van der Waals surface area contributed by atoms with Gasteiger partial charge in [-0.3, -0.25) is 9.56 Å². The largest absolute Gasteiger partial charge is 0.293 e. The van der Waals surface area contributed by atoms with Crippen LogP contribution in [-0.2, 0) is 0 Å². The Kier molecular flexibility index (Phi) is 7.14. The van der Waals surface area contributed by atoms with Crippen molar-refractivity contribution in [1.29, 1.82) is 0 Å². The molecule has 0 unspecified atom stereocenters. The van der Waals surface area contributed by atoms with Crippen LogP contribution in [0.5, 0.6) is 0 Å². The zero-order chi connectivity index (χ0) is 33.6. The molecule has 2 heterocycles. The second kappa shape index (κ2) is 12.1. The Labute approximate surface area is 290 Å². The van der Waals surface area contributed by atoms with Crippen molar-refractivity contribution in [2.24, 2.45) is 4.99 Å². The number of hydrogen-bond donors (Lipinski definition) is 0. The van der Waals surface area contributed by atoms with E-state index >= 15 is 0 Å². The number of aliphatic imine (C=N–C) groups is 1. The Morgan fingerprint density at radius 3 is 2.10 bits per heavy atom. The van der Waals surface area contributed by atoms with Crippen molar-refractivity contribution in [3.05, 3.63) is 170 Å². The van der Waals surface area contributed by atoms with E-state index in [0.29, 0.717) is 5.82 Å². The lowest BCUT2D eigenvalue weighted by Crippen LogP contribution is -2.02. The van der Waals surface area contributed by atoms with Gasteiger partial charge >= 0.3 is 0 Å². The zero-order valence-electron chi connectivity index (χ0n) is 27.6. The molecule has 0 fully saturated rings. The summed E-state index contributed by atoms with van der Waals surface area (Å²) in [4.78, 5) is 14.4. The van der Waals surface area contributed by atoms with Gasteiger partial charge in [0.1, 0.15) is 5.82 Å². The highest BCUT2D eigenvalue weighted by atomic mass is 15.1. The molecule has 0 saturated carbocycles. The fraction of sp³-hybridized carbons (Fsp3) is 0.0217. The molecule has 0 aliphatic heterocycles. The van der Waals surface area contributed by atoms with E-state index in [9.17, 15) is 0 Å². The maximum Gasteiger partial charge on any atom is 0.162 e. The predicted octanol–water partition coefficient (Wildman–Crippen LogP) is 12.0. The Hall–Kier alpha value is -6.65. The number of rotatable bonds is 6. The van der Waals surface area contributed by atoms with E-state index in [1.165, 1.54) is 43.4 Å². The average Bonchev–Trinajstić information content (AvgIpc) is 3.50. The van der Waals surface area contributed by atoms with E-state index in [4.69, 9.17) is 9.97 Å². The van der Waals surface area contributed by atoms with Gasteiger partial charge in [-0.1, -0.05) is 121 Å². The SMILES string of the molecule is C=N/C=C\C(=C/C)c1ccc(-c2nc(-n3c4cc5ccccc5cc4c4c(-c5cccc6ccccc56)cccc43)c3ccccc3n2)cc1. The van der Waals surface area contributed by atoms with Crippen LogP contribution in [0.3, 0.4) is 0 Å². The molecule has 0 radical (unpaired) electrons. The molecule has 9 rings (SSSR count). The molecule has 236 valence electrons. The highest BCUT2D eigenvalue weighted by Crippen LogP contribution is 2.42. The summed E-state index contributed by atoms with van der Waals surface area (Å²) in [7, 11) is 0. The van der Waals surface area contributed by atoms with Crippen molar-refractivity contribution in [1.82, 2.24) is 14.5 Å². The van der Waals surface area contributed by atoms with Crippen LogP contribution in [0.4, 0.5) is 0 Å². The van der Waals surface area contributed by atoms with Gasteiger partial charge in [-0.2, -0.15) is 0 Å². The lowest BCUT2D eigenvalue weighted by molar-refractivity contribution is 1.08. The van der Waals surface area contributed by atoms with Crippen LogP contribution in [0.25, 0.3) is 88.2 Å². The molecule has 0 N–H and O–H groups in total. The van der Waals surface area contributed by atoms with Crippen LogP contribution in [0.2, 0.25) is 0 Å². The lowest BCUT2D eigenvalue weighted by Gasteiger charge is -2.13. The second-order valence-electron chi connectivity index (χ2n) is 12.5. The Bertz CT molecular complexity index is 2830. The third kappa shape index (κ3) is 4.81. The summed E-state index contributed by atoms with van der Waals surface area (Å²) < 4.78 is 2.35. The van der Waals surface area contributed by atoms with Gasteiger partial charge in [-0.25, -0.2) is 9.97 Å². The molecule has 0 bridgehead atoms. The normalized spacial score (nSPS) is 12.2. The van der Waals surface area contributed by atoms with Gasteiger partial charge in [0.2, 0.25) is 0 Å². The van der Waals surface area contributed by atoms with Gasteiger partial charge in [-0.15, -0.1) is 0 Å². The summed E-state index contributed by atoms with van der Waals surface area (Å²) in [6.07, 6.45) is 5.74. The molecular weight excluding hydrogens is 609 g/mol. The minimum atomic E-state index is 0.677. The molecule has 0 aliphatic rings. The number of aromatic nitrogens is 3. The molecule has 4 heteroatoms. The van der Waals surface area contributed by atoms with Crippen molar-refractivity contribution < 1.29 is 0 Å². The van der Waals surface area contributed by atoms with Gasteiger partial charge in [0.05, 0.1) is 16.6 Å². The number of nitrogens with zero attached hydrogens (tertiary/aromatic N) is 4. The number of fused-ring (bicyclic) bond motifs is 6. The summed E-state index contributed by atoms with van der Waals surface area (Å²) in [5.74, 6) is 1.53. The first kappa shape index (κ1) is 29.5. The van der Waals surface area contributed by atoms with Gasteiger partial charge in [0, 0.05) is 27.9 Å². The average molecular weight is 641 g/mol. The van der Waals surface area contributed by atoms with E-state index < -0.39 is 0 Å². The molecule has 7 aromatic carbocycles. The first-order valence-corrected chi connectivity index (χ1v) is 16.8. The number of benzene rings is 7. The van der Waals surface area contributed by atoms with Crippen LogP contribution >= 0.6 is 0 Å². The van der Waals surface area contributed by atoms with Crippen LogP contribution in [0.1, 0.15) is 12.5 Å². The molecule has 50 heavy (non-hydrogen) atoms. The van der Waals surface area contributed by atoms with Crippen LogP contribution in [0, 0.1) is 0 Å². The van der Waals surface area contributed by atoms with E-state index in [-0.39, 0.29) is 0 Å². The first-order valence-electron chi connectivity index (χ1n) is 16.8. The van der Waals surface area contributed by atoms with Crippen LogP contribution in [-0.4, -0.2) is 21.3 Å². The van der Waals surface area contributed by atoms with Gasteiger partial charge in [0.15, 0.2) is 5.82 Å². The highest BCUT2D eigenvalue weighted by Gasteiger charge is 2.21. The van der Waals surface area contributed by atoms with Gasteiger partial charge < -0.3 is 0 Å². The molecule has 0 amide bonds. The molecule has 0 spiro atoms. The monoisotopic (exact) mass is 640 g/mol. The van der Waals surface area contributed by atoms with Crippen molar-refractivity contribution in [3.8, 4) is 28.3 Å². The van der Waals surface area contributed by atoms with E-state index in [0.717, 1.165) is 44.5 Å². The quantitative estimate of drug-likeness (QED) is 0.134. The fourth-order valence-electron chi connectivity index (χ4n) is 7.33. The molecule has 2 aromatic heterocycles.